The summed E-state index contributed by atoms with van der Waals surface area (Å²) in [5.74, 6) is 1.21. The molecule has 1 aromatic carbocycles. The summed E-state index contributed by atoms with van der Waals surface area (Å²) < 4.78 is 11.8. The number of primary amides is 1. The van der Waals surface area contributed by atoms with Gasteiger partial charge in [-0.1, -0.05) is 6.92 Å². The van der Waals surface area contributed by atoms with Gasteiger partial charge < -0.3 is 35.6 Å². The number of nitrogens with zero attached hydrogens (tertiary/aromatic N) is 5. The second-order valence-electron chi connectivity index (χ2n) is 12.0. The number of rotatable bonds is 10. The van der Waals surface area contributed by atoms with E-state index in [0.29, 0.717) is 24.1 Å². The standard InChI is InChI=1S/C31H48N8O3/c1-5-25-30(33-22-10-18-41-19-11-22)36-31(28(35-25)29(32)40)34-23-6-7-26(27(20-23)42-21(2)3)39-12-8-24(9-13-39)38-16-14-37(4)15-17-38/h6-7,20-22,24H,5,8-19H2,1-4H3,(H2,32,40)(H2,33,34,36). The van der Waals surface area contributed by atoms with Crippen molar-refractivity contribution in [2.24, 2.45) is 5.73 Å². The van der Waals surface area contributed by atoms with Crippen molar-refractivity contribution in [1.82, 2.24) is 19.8 Å². The number of benzene rings is 1. The molecule has 11 heteroatoms. The number of anilines is 4. The Balaban J connectivity index is 1.35. The molecule has 0 saturated carbocycles. The molecule has 1 amide bonds. The largest absolute Gasteiger partial charge is 0.489 e. The average molecular weight is 581 g/mol. The number of hydrogen-bond acceptors (Lipinski definition) is 10. The number of carbonyl (C=O) groups is 1. The highest BCUT2D eigenvalue weighted by atomic mass is 16.5. The number of nitrogens with one attached hydrogen (secondary N) is 2. The number of aromatic nitrogens is 2. The Hall–Kier alpha value is -3.15. The van der Waals surface area contributed by atoms with Crippen LogP contribution < -0.4 is 26.0 Å². The van der Waals surface area contributed by atoms with E-state index in [1.165, 1.54) is 0 Å². The van der Waals surface area contributed by atoms with Crippen LogP contribution >= 0.6 is 0 Å². The summed E-state index contributed by atoms with van der Waals surface area (Å²) in [6.45, 7) is 14.1. The molecule has 42 heavy (non-hydrogen) atoms. The summed E-state index contributed by atoms with van der Waals surface area (Å²) in [6, 6.07) is 7.01. The SMILES string of the molecule is CCc1nc(C(N)=O)c(Nc2ccc(N3CCC(N4CCN(C)CC4)CC3)c(OC(C)C)c2)nc1NC1CCOCC1. The molecule has 3 aliphatic rings. The number of likely N-dealkylation sites (N-methyl/N-ethyl adjacent to an activating group) is 1. The molecular weight excluding hydrogens is 532 g/mol. The van der Waals surface area contributed by atoms with Crippen LogP contribution in [0.15, 0.2) is 18.2 Å². The summed E-state index contributed by atoms with van der Waals surface area (Å²) in [4.78, 5) is 29.4. The number of piperidine rings is 1. The van der Waals surface area contributed by atoms with Crippen LogP contribution in [0.1, 0.15) is 62.6 Å². The molecule has 5 rings (SSSR count). The molecule has 3 saturated heterocycles. The lowest BCUT2D eigenvalue weighted by atomic mass is 10.0. The van der Waals surface area contributed by atoms with Crippen LogP contribution in [0.4, 0.5) is 23.0 Å². The van der Waals surface area contributed by atoms with Crippen LogP contribution in [0.5, 0.6) is 5.75 Å². The minimum atomic E-state index is -0.615. The molecule has 2 aromatic rings. The predicted octanol–water partition coefficient (Wildman–Crippen LogP) is 3.48. The van der Waals surface area contributed by atoms with Gasteiger partial charge in [-0.15, -0.1) is 0 Å². The lowest BCUT2D eigenvalue weighted by molar-refractivity contribution is 0.0903. The molecule has 3 fully saturated rings. The molecule has 11 nitrogen and oxygen atoms in total. The zero-order valence-electron chi connectivity index (χ0n) is 25.7. The highest BCUT2D eigenvalue weighted by molar-refractivity contribution is 5.96. The number of piperazine rings is 1. The van der Waals surface area contributed by atoms with Gasteiger partial charge in [0.15, 0.2) is 17.3 Å². The Kier molecular flexibility index (Phi) is 10.0. The summed E-state index contributed by atoms with van der Waals surface area (Å²) in [6.07, 6.45) is 4.74. The fourth-order valence-corrected chi connectivity index (χ4v) is 6.12. The zero-order valence-corrected chi connectivity index (χ0v) is 25.7. The van der Waals surface area contributed by atoms with Gasteiger partial charge in [0, 0.05) is 76.3 Å². The van der Waals surface area contributed by atoms with Gasteiger partial charge >= 0.3 is 0 Å². The third-order valence-corrected chi connectivity index (χ3v) is 8.54. The van der Waals surface area contributed by atoms with E-state index in [4.69, 9.17) is 20.2 Å². The number of aryl methyl sites for hydroxylation is 1. The number of hydrogen-bond donors (Lipinski definition) is 3. The van der Waals surface area contributed by atoms with Gasteiger partial charge in [0.05, 0.1) is 17.5 Å². The van der Waals surface area contributed by atoms with Gasteiger partial charge in [0.2, 0.25) is 0 Å². The normalized spacial score (nSPS) is 19.7. The minimum Gasteiger partial charge on any atom is -0.489 e. The van der Waals surface area contributed by atoms with Crippen molar-refractivity contribution in [3.05, 3.63) is 29.6 Å². The Morgan fingerprint density at radius 3 is 2.40 bits per heavy atom. The van der Waals surface area contributed by atoms with E-state index in [1.54, 1.807) is 0 Å². The van der Waals surface area contributed by atoms with Crippen molar-refractivity contribution in [2.45, 2.75) is 71.1 Å². The highest BCUT2D eigenvalue weighted by Crippen LogP contribution is 2.36. The Bertz CT molecular complexity index is 1200. The zero-order chi connectivity index (χ0) is 29.6. The first kappa shape index (κ1) is 30.3. The van der Waals surface area contributed by atoms with Crippen molar-refractivity contribution in [2.75, 3.05) is 75.1 Å². The van der Waals surface area contributed by atoms with Crippen molar-refractivity contribution in [1.29, 1.82) is 0 Å². The average Bonchev–Trinajstić information content (AvgIpc) is 2.98. The summed E-state index contributed by atoms with van der Waals surface area (Å²) in [5.41, 5.74) is 8.47. The number of amides is 1. The molecule has 0 aliphatic carbocycles. The monoisotopic (exact) mass is 580 g/mol. The Labute approximate surface area is 250 Å². The maximum Gasteiger partial charge on any atom is 0.271 e. The van der Waals surface area contributed by atoms with Gasteiger partial charge in [-0.05, 0) is 65.1 Å². The topological polar surface area (TPSA) is 121 Å². The molecule has 1 aromatic heterocycles. The van der Waals surface area contributed by atoms with Crippen LogP contribution in [0.3, 0.4) is 0 Å². The molecule has 0 spiro atoms. The summed E-state index contributed by atoms with van der Waals surface area (Å²) >= 11 is 0. The van der Waals surface area contributed by atoms with Gasteiger partial charge in [0.25, 0.3) is 5.91 Å². The second kappa shape index (κ2) is 13.9. The van der Waals surface area contributed by atoms with Crippen molar-refractivity contribution < 1.29 is 14.3 Å². The van der Waals surface area contributed by atoms with E-state index in [-0.39, 0.29) is 17.8 Å². The Morgan fingerprint density at radius 1 is 1.05 bits per heavy atom. The van der Waals surface area contributed by atoms with Crippen LogP contribution in [0.2, 0.25) is 0 Å². The van der Waals surface area contributed by atoms with Crippen LogP contribution in [0, 0.1) is 0 Å². The molecule has 4 N–H and O–H groups in total. The van der Waals surface area contributed by atoms with E-state index >= 15 is 0 Å². The first-order valence-corrected chi connectivity index (χ1v) is 15.6. The fraction of sp³-hybridized carbons (Fsp3) is 0.645. The molecular formula is C31H48N8O3. The molecule has 3 aliphatic heterocycles. The van der Waals surface area contributed by atoms with Gasteiger partial charge in [-0.3, -0.25) is 9.69 Å². The van der Waals surface area contributed by atoms with Gasteiger partial charge in [-0.2, -0.15) is 0 Å². The number of carbonyl (C=O) groups excluding carboxylic acids is 1. The highest BCUT2D eigenvalue weighted by Gasteiger charge is 2.28. The van der Waals surface area contributed by atoms with E-state index in [1.807, 2.05) is 32.9 Å². The smallest absolute Gasteiger partial charge is 0.271 e. The van der Waals surface area contributed by atoms with E-state index in [9.17, 15) is 4.79 Å². The van der Waals surface area contributed by atoms with Crippen LogP contribution in [-0.2, 0) is 11.2 Å². The maximum atomic E-state index is 12.4. The van der Waals surface area contributed by atoms with E-state index in [0.717, 1.165) is 101 Å². The lowest BCUT2D eigenvalue weighted by Crippen LogP contribution is -2.52. The van der Waals surface area contributed by atoms with Crippen LogP contribution in [-0.4, -0.2) is 103 Å². The third kappa shape index (κ3) is 7.43. The first-order chi connectivity index (χ1) is 20.3. The Morgan fingerprint density at radius 2 is 1.76 bits per heavy atom. The van der Waals surface area contributed by atoms with Crippen LogP contribution in [0.25, 0.3) is 0 Å². The molecule has 230 valence electrons. The van der Waals surface area contributed by atoms with E-state index < -0.39 is 5.91 Å². The summed E-state index contributed by atoms with van der Waals surface area (Å²) in [7, 11) is 2.21. The molecule has 0 unspecified atom stereocenters. The quantitative estimate of drug-likeness (QED) is 0.385. The van der Waals surface area contributed by atoms with Gasteiger partial charge in [0.1, 0.15) is 5.75 Å². The molecule has 0 bridgehead atoms. The number of nitrogens with two attached hydrogens (primary N) is 1. The lowest BCUT2D eigenvalue weighted by Gasteiger charge is -2.42. The molecule has 0 atom stereocenters. The fourth-order valence-electron chi connectivity index (χ4n) is 6.12. The van der Waals surface area contributed by atoms with E-state index in [2.05, 4.69) is 43.4 Å². The van der Waals surface area contributed by atoms with Crippen molar-refractivity contribution in [3.8, 4) is 5.75 Å². The first-order valence-electron chi connectivity index (χ1n) is 15.6. The third-order valence-electron chi connectivity index (χ3n) is 8.54. The van der Waals surface area contributed by atoms with Gasteiger partial charge in [-0.25, -0.2) is 9.97 Å². The second-order valence-corrected chi connectivity index (χ2v) is 12.0. The van der Waals surface area contributed by atoms with Crippen molar-refractivity contribution in [3.63, 3.8) is 0 Å². The molecule has 0 radical (unpaired) electrons. The summed E-state index contributed by atoms with van der Waals surface area (Å²) in [5, 5.41) is 6.86. The number of ether oxygens (including phenoxy) is 2. The minimum absolute atomic E-state index is 0.0157. The van der Waals surface area contributed by atoms with Crippen molar-refractivity contribution >= 4 is 28.9 Å². The maximum absolute atomic E-state index is 12.4. The predicted molar refractivity (Wildman–Crippen MR) is 167 cm³/mol. The molecule has 4 heterocycles.